The zero-order chi connectivity index (χ0) is 52.9. The molecule has 0 saturated heterocycles. The lowest BCUT2D eigenvalue weighted by atomic mass is 10.0. The van der Waals surface area contributed by atoms with E-state index in [1.54, 1.807) is 0 Å². The molecule has 0 aromatic carbocycles. The monoisotopic (exact) mass is 1020 g/mol. The molecule has 0 aromatic heterocycles. The molecule has 0 heterocycles. The SMILES string of the molecule is CC/C=C\C/C=C\C/C=C\C/C=C\C/C=C\C/C=C\C/C=C\CCCCCCCCCC(=O)OCC(COC(=O)CCCCCCCCCCCCCC)OC(=O)CCCCCCCCCCCCCCCC. The lowest BCUT2D eigenvalue weighted by Crippen LogP contribution is -2.30. The molecule has 0 aromatic rings. The lowest BCUT2D eigenvalue weighted by Gasteiger charge is -2.18. The van der Waals surface area contributed by atoms with Gasteiger partial charge in [-0.2, -0.15) is 0 Å². The van der Waals surface area contributed by atoms with Crippen molar-refractivity contribution < 1.29 is 28.6 Å². The van der Waals surface area contributed by atoms with Gasteiger partial charge in [0.2, 0.25) is 0 Å². The van der Waals surface area contributed by atoms with E-state index >= 15 is 0 Å². The number of allylic oxidation sites excluding steroid dienone is 14. The van der Waals surface area contributed by atoms with Gasteiger partial charge in [-0.1, -0.05) is 292 Å². The Kier molecular flexibility index (Phi) is 58.3. The fraction of sp³-hybridized carbons (Fsp3) is 0.746. The smallest absolute Gasteiger partial charge is 0.306 e. The number of carbonyl (C=O) groups excluding carboxylic acids is 3. The molecule has 1 atom stereocenters. The first kappa shape index (κ1) is 69.6. The highest BCUT2D eigenvalue weighted by molar-refractivity contribution is 5.71. The van der Waals surface area contributed by atoms with E-state index in [1.807, 2.05) is 0 Å². The van der Waals surface area contributed by atoms with Crippen molar-refractivity contribution in [2.45, 2.75) is 309 Å². The third kappa shape index (κ3) is 59.3. The van der Waals surface area contributed by atoms with E-state index in [2.05, 4.69) is 106 Å². The third-order valence-corrected chi connectivity index (χ3v) is 13.4. The van der Waals surface area contributed by atoms with Crippen LogP contribution in [-0.2, 0) is 28.6 Å². The van der Waals surface area contributed by atoms with Gasteiger partial charge in [0.15, 0.2) is 6.10 Å². The second-order valence-corrected chi connectivity index (χ2v) is 20.6. The second-order valence-electron chi connectivity index (χ2n) is 20.6. The van der Waals surface area contributed by atoms with Gasteiger partial charge >= 0.3 is 17.9 Å². The normalized spacial score (nSPS) is 12.6. The number of esters is 3. The minimum Gasteiger partial charge on any atom is -0.462 e. The average Bonchev–Trinajstić information content (AvgIpc) is 3.39. The summed E-state index contributed by atoms with van der Waals surface area (Å²) < 4.78 is 16.9. The molecule has 0 N–H and O–H groups in total. The predicted octanol–water partition coefficient (Wildman–Crippen LogP) is 21.1. The number of hydrogen-bond acceptors (Lipinski definition) is 6. The molecule has 0 rings (SSSR count). The minimum atomic E-state index is -0.777. The zero-order valence-electron chi connectivity index (χ0n) is 48.1. The first-order valence-corrected chi connectivity index (χ1v) is 31.1. The van der Waals surface area contributed by atoms with Gasteiger partial charge in [0.05, 0.1) is 0 Å². The largest absolute Gasteiger partial charge is 0.462 e. The van der Waals surface area contributed by atoms with Gasteiger partial charge in [-0.25, -0.2) is 0 Å². The van der Waals surface area contributed by atoms with Crippen LogP contribution in [0.5, 0.6) is 0 Å². The molecule has 0 spiro atoms. The van der Waals surface area contributed by atoms with Crippen LogP contribution in [-0.4, -0.2) is 37.2 Å². The molecule has 6 heteroatoms. The number of unbranched alkanes of at least 4 members (excludes halogenated alkanes) is 31. The topological polar surface area (TPSA) is 78.9 Å². The van der Waals surface area contributed by atoms with Crippen molar-refractivity contribution in [2.24, 2.45) is 0 Å². The lowest BCUT2D eigenvalue weighted by molar-refractivity contribution is -0.167. The van der Waals surface area contributed by atoms with Gasteiger partial charge in [-0.15, -0.1) is 0 Å². The summed E-state index contributed by atoms with van der Waals surface area (Å²) in [4.78, 5) is 38.2. The van der Waals surface area contributed by atoms with Gasteiger partial charge in [0.25, 0.3) is 0 Å². The molecule has 420 valence electrons. The average molecular weight is 1020 g/mol. The molecular formula is C67H116O6. The quantitative estimate of drug-likeness (QED) is 0.0261. The Morgan fingerprint density at radius 2 is 0.534 bits per heavy atom. The Morgan fingerprint density at radius 3 is 0.836 bits per heavy atom. The molecule has 0 radical (unpaired) electrons. The summed E-state index contributed by atoms with van der Waals surface area (Å²) in [6.45, 7) is 6.54. The van der Waals surface area contributed by atoms with Crippen molar-refractivity contribution >= 4 is 17.9 Å². The molecule has 73 heavy (non-hydrogen) atoms. The third-order valence-electron chi connectivity index (χ3n) is 13.4. The van der Waals surface area contributed by atoms with Crippen LogP contribution in [0.1, 0.15) is 303 Å². The van der Waals surface area contributed by atoms with Crippen LogP contribution in [0, 0.1) is 0 Å². The first-order chi connectivity index (χ1) is 36.0. The van der Waals surface area contributed by atoms with Crippen LogP contribution in [0.2, 0.25) is 0 Å². The van der Waals surface area contributed by atoms with E-state index in [4.69, 9.17) is 14.2 Å². The Balaban J connectivity index is 4.27. The maximum Gasteiger partial charge on any atom is 0.306 e. The molecule has 0 fully saturated rings. The number of hydrogen-bond donors (Lipinski definition) is 0. The molecule has 0 aliphatic carbocycles. The molecular weight excluding hydrogens is 901 g/mol. The van der Waals surface area contributed by atoms with Crippen molar-refractivity contribution in [2.75, 3.05) is 13.2 Å². The van der Waals surface area contributed by atoms with Crippen LogP contribution in [0.3, 0.4) is 0 Å². The highest BCUT2D eigenvalue weighted by Crippen LogP contribution is 2.16. The summed E-state index contributed by atoms with van der Waals surface area (Å²) in [7, 11) is 0. The molecule has 0 saturated carbocycles. The van der Waals surface area contributed by atoms with Gasteiger partial charge in [0.1, 0.15) is 13.2 Å². The van der Waals surface area contributed by atoms with Crippen LogP contribution in [0.15, 0.2) is 85.1 Å². The molecule has 0 aliphatic heterocycles. The maximum absolute atomic E-state index is 12.9. The predicted molar refractivity (Wildman–Crippen MR) is 316 cm³/mol. The minimum absolute atomic E-state index is 0.0753. The van der Waals surface area contributed by atoms with Crippen LogP contribution < -0.4 is 0 Å². The van der Waals surface area contributed by atoms with Crippen LogP contribution in [0.4, 0.5) is 0 Å². The Morgan fingerprint density at radius 1 is 0.288 bits per heavy atom. The van der Waals surface area contributed by atoms with Crippen molar-refractivity contribution in [3.63, 3.8) is 0 Å². The highest BCUT2D eigenvalue weighted by Gasteiger charge is 2.19. The summed E-state index contributed by atoms with van der Waals surface area (Å²) in [5.41, 5.74) is 0. The summed E-state index contributed by atoms with van der Waals surface area (Å²) in [6.07, 6.45) is 80.1. The van der Waals surface area contributed by atoms with E-state index in [9.17, 15) is 14.4 Å². The van der Waals surface area contributed by atoms with Crippen molar-refractivity contribution in [3.8, 4) is 0 Å². The Labute approximate surface area is 452 Å². The van der Waals surface area contributed by atoms with E-state index < -0.39 is 6.10 Å². The van der Waals surface area contributed by atoms with Gasteiger partial charge in [-0.3, -0.25) is 14.4 Å². The van der Waals surface area contributed by atoms with Crippen molar-refractivity contribution in [1.82, 2.24) is 0 Å². The van der Waals surface area contributed by atoms with Gasteiger partial charge in [-0.05, 0) is 77.0 Å². The summed E-state index contributed by atoms with van der Waals surface area (Å²) in [6, 6.07) is 0. The number of ether oxygens (including phenoxy) is 3. The summed E-state index contributed by atoms with van der Waals surface area (Å²) in [5, 5.41) is 0. The second kappa shape index (κ2) is 61.1. The number of rotatable bonds is 56. The standard InChI is InChI=1S/C67H116O6/c1-4-7-10-13-16-19-22-25-27-28-29-30-31-32-33-34-35-36-37-38-39-40-41-43-45-48-51-54-57-60-66(69)72-63-64(62-71-65(68)59-56-53-50-47-44-24-21-18-15-12-9-6-3)73-67(70)61-58-55-52-49-46-42-26-23-20-17-14-11-8-5-2/h7,10,16,19,25,27,29-30,32-33,35-36,38-39,64H,4-6,8-9,11-15,17-18,20-24,26,28,31,34,37,40-63H2,1-3H3/b10-7-,19-16-,27-25-,30-29-,33-32-,36-35-,39-38-. The van der Waals surface area contributed by atoms with Crippen molar-refractivity contribution in [3.05, 3.63) is 85.1 Å². The molecule has 0 aliphatic rings. The highest BCUT2D eigenvalue weighted by atomic mass is 16.6. The molecule has 0 bridgehead atoms. The molecule has 6 nitrogen and oxygen atoms in total. The fourth-order valence-corrected chi connectivity index (χ4v) is 8.78. The Hall–Kier alpha value is -3.41. The first-order valence-electron chi connectivity index (χ1n) is 31.1. The van der Waals surface area contributed by atoms with E-state index in [1.165, 1.54) is 154 Å². The number of carbonyl (C=O) groups is 3. The van der Waals surface area contributed by atoms with E-state index in [0.29, 0.717) is 19.3 Å². The van der Waals surface area contributed by atoms with E-state index in [-0.39, 0.29) is 31.1 Å². The van der Waals surface area contributed by atoms with Gasteiger partial charge in [0, 0.05) is 19.3 Å². The fourth-order valence-electron chi connectivity index (χ4n) is 8.78. The summed E-state index contributed by atoms with van der Waals surface area (Å²) >= 11 is 0. The van der Waals surface area contributed by atoms with Crippen LogP contribution >= 0.6 is 0 Å². The molecule has 0 amide bonds. The molecule has 1 unspecified atom stereocenters. The van der Waals surface area contributed by atoms with Crippen molar-refractivity contribution in [1.29, 1.82) is 0 Å². The van der Waals surface area contributed by atoms with Crippen LogP contribution in [0.25, 0.3) is 0 Å². The zero-order valence-corrected chi connectivity index (χ0v) is 48.1. The van der Waals surface area contributed by atoms with Gasteiger partial charge < -0.3 is 14.2 Å². The summed E-state index contributed by atoms with van der Waals surface area (Å²) in [5.74, 6) is -0.875. The Bertz CT molecular complexity index is 1400. The van der Waals surface area contributed by atoms with E-state index in [0.717, 1.165) is 109 Å². The maximum atomic E-state index is 12.9.